The average Bonchev–Trinajstić information content (AvgIpc) is 2.51. The van der Waals surface area contributed by atoms with Crippen molar-refractivity contribution >= 4 is 10.9 Å². The van der Waals surface area contributed by atoms with Crippen LogP contribution in [0.5, 0.6) is 0 Å². The lowest BCUT2D eigenvalue weighted by atomic mass is 9.89. The number of hydrogen-bond donors (Lipinski definition) is 1. The first kappa shape index (κ1) is 13.6. The van der Waals surface area contributed by atoms with Crippen LogP contribution in [0, 0.1) is 0 Å². The number of para-hydroxylation sites is 1. The molecule has 0 aliphatic heterocycles. The molecule has 1 aromatic heterocycles. The third-order valence-electron chi connectivity index (χ3n) is 4.43. The Labute approximate surface area is 121 Å². The highest BCUT2D eigenvalue weighted by Gasteiger charge is 2.18. The first-order valence-corrected chi connectivity index (χ1v) is 7.98. The molecule has 0 radical (unpaired) electrons. The second kappa shape index (κ2) is 5.92. The van der Waals surface area contributed by atoms with E-state index in [2.05, 4.69) is 37.4 Å². The van der Waals surface area contributed by atoms with Gasteiger partial charge in [-0.05, 0) is 55.3 Å². The quantitative estimate of drug-likeness (QED) is 0.912. The van der Waals surface area contributed by atoms with E-state index in [4.69, 9.17) is 4.98 Å². The topological polar surface area (TPSA) is 24.9 Å². The Bertz CT molecular complexity index is 616. The van der Waals surface area contributed by atoms with Crippen molar-refractivity contribution in [3.63, 3.8) is 0 Å². The summed E-state index contributed by atoms with van der Waals surface area (Å²) in [5.74, 6) is 0. The third kappa shape index (κ3) is 2.33. The van der Waals surface area contributed by atoms with E-state index in [9.17, 15) is 0 Å². The molecule has 3 rings (SSSR count). The predicted octanol–water partition coefficient (Wildman–Crippen LogP) is 3.79. The van der Waals surface area contributed by atoms with Crippen LogP contribution in [-0.2, 0) is 25.8 Å². The highest BCUT2D eigenvalue weighted by Crippen LogP contribution is 2.30. The first-order chi connectivity index (χ1) is 9.85. The van der Waals surface area contributed by atoms with Gasteiger partial charge in [-0.2, -0.15) is 0 Å². The Hall–Kier alpha value is -1.41. The summed E-state index contributed by atoms with van der Waals surface area (Å²) in [6.45, 7) is 6.39. The van der Waals surface area contributed by atoms with Gasteiger partial charge < -0.3 is 5.32 Å². The third-order valence-corrected chi connectivity index (χ3v) is 4.43. The van der Waals surface area contributed by atoms with Gasteiger partial charge in [0.25, 0.3) is 0 Å². The molecule has 20 heavy (non-hydrogen) atoms. The van der Waals surface area contributed by atoms with E-state index in [-0.39, 0.29) is 0 Å². The van der Waals surface area contributed by atoms with Gasteiger partial charge in [0.2, 0.25) is 0 Å². The van der Waals surface area contributed by atoms with E-state index in [1.807, 2.05) is 0 Å². The molecule has 106 valence electrons. The van der Waals surface area contributed by atoms with E-state index in [1.165, 1.54) is 52.5 Å². The molecule has 1 N–H and O–H groups in total. The van der Waals surface area contributed by atoms with Crippen molar-refractivity contribution in [2.45, 2.75) is 52.5 Å². The Morgan fingerprint density at radius 3 is 2.80 bits per heavy atom. The second-order valence-electron chi connectivity index (χ2n) is 5.67. The molecule has 0 amide bonds. The summed E-state index contributed by atoms with van der Waals surface area (Å²) in [7, 11) is 0. The molecule has 1 heterocycles. The fourth-order valence-corrected chi connectivity index (χ4v) is 3.34. The zero-order valence-electron chi connectivity index (χ0n) is 12.6. The maximum absolute atomic E-state index is 5.03. The molecule has 0 bridgehead atoms. The van der Waals surface area contributed by atoms with E-state index < -0.39 is 0 Å². The highest BCUT2D eigenvalue weighted by molar-refractivity contribution is 5.86. The first-order valence-electron chi connectivity index (χ1n) is 7.98. The normalized spacial score (nSPS) is 14.5. The van der Waals surface area contributed by atoms with Gasteiger partial charge in [0.05, 0.1) is 5.52 Å². The monoisotopic (exact) mass is 268 g/mol. The number of pyridine rings is 1. The number of fused-ring (bicyclic) bond motifs is 2. The summed E-state index contributed by atoms with van der Waals surface area (Å²) in [6, 6.07) is 6.66. The van der Waals surface area contributed by atoms with Crippen molar-refractivity contribution in [2.24, 2.45) is 0 Å². The fourth-order valence-electron chi connectivity index (χ4n) is 3.34. The van der Waals surface area contributed by atoms with E-state index >= 15 is 0 Å². The van der Waals surface area contributed by atoms with Crippen LogP contribution in [0.4, 0.5) is 0 Å². The smallest absolute Gasteiger partial charge is 0.0740 e. The van der Waals surface area contributed by atoms with Gasteiger partial charge >= 0.3 is 0 Å². The summed E-state index contributed by atoms with van der Waals surface area (Å²) < 4.78 is 0. The molecule has 1 aliphatic rings. The molecular weight excluding hydrogens is 244 g/mol. The summed E-state index contributed by atoms with van der Waals surface area (Å²) in [6.07, 6.45) is 6.02. The number of rotatable bonds is 4. The molecule has 0 saturated carbocycles. The van der Waals surface area contributed by atoms with Crippen LogP contribution in [0.1, 0.15) is 49.1 Å². The van der Waals surface area contributed by atoms with E-state index in [0.717, 1.165) is 25.9 Å². The maximum Gasteiger partial charge on any atom is 0.0740 e. The van der Waals surface area contributed by atoms with Crippen LogP contribution in [0.3, 0.4) is 0 Å². The SMILES string of the molecule is CCNCc1c2c(nc3c(CC)cccc13)CCCC2. The predicted molar refractivity (Wildman–Crippen MR) is 85.1 cm³/mol. The lowest BCUT2D eigenvalue weighted by Crippen LogP contribution is -2.17. The molecule has 0 fully saturated rings. The van der Waals surface area contributed by atoms with E-state index in [0.29, 0.717) is 0 Å². The van der Waals surface area contributed by atoms with Crippen molar-refractivity contribution < 1.29 is 0 Å². The van der Waals surface area contributed by atoms with Crippen LogP contribution < -0.4 is 5.32 Å². The van der Waals surface area contributed by atoms with Crippen molar-refractivity contribution in [3.05, 3.63) is 40.6 Å². The number of hydrogen-bond acceptors (Lipinski definition) is 2. The van der Waals surface area contributed by atoms with Gasteiger partial charge in [0.15, 0.2) is 0 Å². The number of aryl methyl sites for hydroxylation is 2. The van der Waals surface area contributed by atoms with Crippen LogP contribution in [-0.4, -0.2) is 11.5 Å². The number of nitrogens with zero attached hydrogens (tertiary/aromatic N) is 1. The molecular formula is C18H24N2. The Morgan fingerprint density at radius 2 is 2.00 bits per heavy atom. The minimum Gasteiger partial charge on any atom is -0.313 e. The van der Waals surface area contributed by atoms with Crippen molar-refractivity contribution in [1.82, 2.24) is 10.3 Å². The average molecular weight is 268 g/mol. The molecule has 0 spiro atoms. The fraction of sp³-hybridized carbons (Fsp3) is 0.500. The molecule has 2 nitrogen and oxygen atoms in total. The largest absolute Gasteiger partial charge is 0.313 e. The molecule has 0 unspecified atom stereocenters. The standard InChI is InChI=1S/C18H24N2/c1-3-13-8-7-10-15-16(12-19-4-2)14-9-5-6-11-17(14)20-18(13)15/h7-8,10,19H,3-6,9,11-12H2,1-2H3. The van der Waals surface area contributed by atoms with Gasteiger partial charge in [0, 0.05) is 17.6 Å². The molecule has 2 heteroatoms. The zero-order valence-corrected chi connectivity index (χ0v) is 12.6. The number of nitrogens with one attached hydrogen (secondary N) is 1. The minimum absolute atomic E-state index is 0.977. The van der Waals surface area contributed by atoms with Crippen molar-refractivity contribution in [2.75, 3.05) is 6.54 Å². The molecule has 0 saturated heterocycles. The molecule has 0 atom stereocenters. The lowest BCUT2D eigenvalue weighted by molar-refractivity contribution is 0.651. The van der Waals surface area contributed by atoms with Gasteiger partial charge in [-0.1, -0.05) is 32.0 Å². The Morgan fingerprint density at radius 1 is 1.15 bits per heavy atom. The Kier molecular flexibility index (Phi) is 4.02. The van der Waals surface area contributed by atoms with Crippen LogP contribution in [0.2, 0.25) is 0 Å². The maximum atomic E-state index is 5.03. The van der Waals surface area contributed by atoms with Gasteiger partial charge in [0.1, 0.15) is 0 Å². The molecule has 1 aromatic carbocycles. The summed E-state index contributed by atoms with van der Waals surface area (Å²) in [5.41, 5.74) is 7.01. The van der Waals surface area contributed by atoms with Crippen LogP contribution >= 0.6 is 0 Å². The van der Waals surface area contributed by atoms with Crippen LogP contribution in [0.25, 0.3) is 10.9 Å². The summed E-state index contributed by atoms with van der Waals surface area (Å²) in [4.78, 5) is 5.03. The van der Waals surface area contributed by atoms with Gasteiger partial charge in [-0.25, -0.2) is 0 Å². The Balaban J connectivity index is 2.24. The van der Waals surface area contributed by atoms with Crippen LogP contribution in [0.15, 0.2) is 18.2 Å². The molecule has 1 aliphatic carbocycles. The number of benzene rings is 1. The van der Waals surface area contributed by atoms with Gasteiger partial charge in [-0.3, -0.25) is 4.98 Å². The summed E-state index contributed by atoms with van der Waals surface area (Å²) >= 11 is 0. The van der Waals surface area contributed by atoms with Crippen molar-refractivity contribution in [3.8, 4) is 0 Å². The summed E-state index contributed by atoms with van der Waals surface area (Å²) in [5, 5.41) is 4.88. The number of aromatic nitrogens is 1. The van der Waals surface area contributed by atoms with E-state index in [1.54, 1.807) is 0 Å². The lowest BCUT2D eigenvalue weighted by Gasteiger charge is -2.22. The van der Waals surface area contributed by atoms with Gasteiger partial charge in [-0.15, -0.1) is 0 Å². The minimum atomic E-state index is 0.977. The van der Waals surface area contributed by atoms with Crippen molar-refractivity contribution in [1.29, 1.82) is 0 Å². The second-order valence-corrected chi connectivity index (χ2v) is 5.67. The zero-order chi connectivity index (χ0) is 13.9. The highest BCUT2D eigenvalue weighted by atomic mass is 14.8. The molecule has 2 aromatic rings.